The first-order valence-electron chi connectivity index (χ1n) is 10.7. The van der Waals surface area contributed by atoms with Crippen LogP contribution in [0.25, 0.3) is 0 Å². The molecule has 1 atom stereocenters. The molecule has 3 aromatic rings. The van der Waals surface area contributed by atoms with Crippen LogP contribution in [0.15, 0.2) is 78.1 Å². The van der Waals surface area contributed by atoms with Gasteiger partial charge in [0.05, 0.1) is 11.9 Å². The molecule has 2 N–H and O–H groups in total. The summed E-state index contributed by atoms with van der Waals surface area (Å²) in [5.74, 6) is 0. The van der Waals surface area contributed by atoms with E-state index in [-0.39, 0.29) is 5.50 Å². The number of benzene rings is 2. The van der Waals surface area contributed by atoms with E-state index >= 15 is 0 Å². The van der Waals surface area contributed by atoms with Gasteiger partial charge in [0, 0.05) is 42.0 Å². The van der Waals surface area contributed by atoms with Crippen molar-refractivity contribution in [1.82, 2.24) is 4.98 Å². The highest BCUT2D eigenvalue weighted by Crippen LogP contribution is 2.36. The molecule has 6 nitrogen and oxygen atoms in total. The lowest BCUT2D eigenvalue weighted by atomic mass is 9.98. The van der Waals surface area contributed by atoms with E-state index in [1.54, 1.807) is 18.0 Å². The molecule has 32 heavy (non-hydrogen) atoms. The van der Waals surface area contributed by atoms with Gasteiger partial charge in [-0.05, 0) is 78.4 Å². The summed E-state index contributed by atoms with van der Waals surface area (Å²) in [6.07, 6.45) is 5.39. The Morgan fingerprint density at radius 3 is 2.69 bits per heavy atom. The molecule has 5 rings (SSSR count). The van der Waals surface area contributed by atoms with E-state index in [0.717, 1.165) is 43.0 Å². The molecule has 2 aliphatic heterocycles. The number of rotatable bonds is 6. The monoisotopic (exact) mass is 443 g/mol. The SMILES string of the molecule is CC1=CSC(Nc2ccc(N3CCc4cc(NC=O)ccc4C3)cc2)N1c1cccnc1. The van der Waals surface area contributed by atoms with E-state index in [4.69, 9.17) is 0 Å². The van der Waals surface area contributed by atoms with Crippen molar-refractivity contribution in [2.75, 3.05) is 27.0 Å². The number of anilines is 4. The van der Waals surface area contributed by atoms with Crippen LogP contribution in [0.4, 0.5) is 22.7 Å². The maximum absolute atomic E-state index is 10.7. The van der Waals surface area contributed by atoms with Gasteiger partial charge in [-0.25, -0.2) is 0 Å². The molecule has 162 valence electrons. The number of fused-ring (bicyclic) bond motifs is 1. The minimum Gasteiger partial charge on any atom is -0.367 e. The highest BCUT2D eigenvalue weighted by molar-refractivity contribution is 8.03. The summed E-state index contributed by atoms with van der Waals surface area (Å²) < 4.78 is 0. The lowest BCUT2D eigenvalue weighted by Crippen LogP contribution is -2.34. The number of carbonyl (C=O) groups excluding carboxylic acids is 1. The third-order valence-corrected chi connectivity index (χ3v) is 6.94. The third kappa shape index (κ3) is 4.16. The van der Waals surface area contributed by atoms with E-state index < -0.39 is 0 Å². The van der Waals surface area contributed by atoms with E-state index in [1.807, 2.05) is 18.3 Å². The molecule has 0 saturated carbocycles. The van der Waals surface area contributed by atoms with E-state index in [9.17, 15) is 4.79 Å². The first-order chi connectivity index (χ1) is 15.7. The molecular weight excluding hydrogens is 418 g/mol. The zero-order chi connectivity index (χ0) is 21.9. The molecule has 2 aliphatic rings. The fourth-order valence-corrected chi connectivity index (χ4v) is 5.29. The molecule has 0 fully saturated rings. The summed E-state index contributed by atoms with van der Waals surface area (Å²) >= 11 is 1.77. The first kappa shape index (κ1) is 20.5. The van der Waals surface area contributed by atoms with Crippen LogP contribution in [0.2, 0.25) is 0 Å². The van der Waals surface area contributed by atoms with Crippen molar-refractivity contribution in [3.63, 3.8) is 0 Å². The molecule has 3 heterocycles. The molecule has 0 aliphatic carbocycles. The number of carbonyl (C=O) groups is 1. The molecule has 1 amide bonds. The van der Waals surface area contributed by atoms with Gasteiger partial charge in [0.2, 0.25) is 6.41 Å². The number of nitrogens with zero attached hydrogens (tertiary/aromatic N) is 3. The molecular formula is C25H25N5OS. The number of hydrogen-bond acceptors (Lipinski definition) is 6. The Bertz CT molecular complexity index is 1130. The molecule has 2 aromatic carbocycles. The second-order valence-electron chi connectivity index (χ2n) is 7.94. The number of thioether (sulfide) groups is 1. The summed E-state index contributed by atoms with van der Waals surface area (Å²) in [6.45, 7) is 3.96. The van der Waals surface area contributed by atoms with Gasteiger partial charge in [-0.15, -0.1) is 0 Å². The van der Waals surface area contributed by atoms with Gasteiger partial charge in [-0.2, -0.15) is 0 Å². The van der Waals surface area contributed by atoms with Gasteiger partial charge >= 0.3 is 0 Å². The molecule has 0 saturated heterocycles. The first-order valence-corrected chi connectivity index (χ1v) is 11.6. The average molecular weight is 444 g/mol. The van der Waals surface area contributed by atoms with Crippen molar-refractivity contribution in [2.45, 2.75) is 25.4 Å². The van der Waals surface area contributed by atoms with Crippen LogP contribution in [0.1, 0.15) is 18.1 Å². The van der Waals surface area contributed by atoms with Crippen LogP contribution in [0.5, 0.6) is 0 Å². The van der Waals surface area contributed by atoms with Crippen molar-refractivity contribution < 1.29 is 4.79 Å². The Hall–Kier alpha value is -3.45. The number of aromatic nitrogens is 1. The second-order valence-corrected chi connectivity index (χ2v) is 8.89. The number of nitrogens with one attached hydrogen (secondary N) is 2. The number of hydrogen-bond donors (Lipinski definition) is 2. The molecule has 1 unspecified atom stereocenters. The molecule has 0 radical (unpaired) electrons. The number of allylic oxidation sites excluding steroid dienone is 1. The predicted octanol–water partition coefficient (Wildman–Crippen LogP) is 5.02. The fraction of sp³-hybridized carbons (Fsp3) is 0.200. The van der Waals surface area contributed by atoms with E-state index in [1.165, 1.54) is 22.5 Å². The molecule has 0 bridgehead atoms. The third-order valence-electron chi connectivity index (χ3n) is 5.87. The van der Waals surface area contributed by atoms with Crippen LogP contribution in [-0.4, -0.2) is 23.4 Å². The Morgan fingerprint density at radius 2 is 1.91 bits per heavy atom. The lowest BCUT2D eigenvalue weighted by molar-refractivity contribution is -0.105. The summed E-state index contributed by atoms with van der Waals surface area (Å²) in [5, 5.41) is 8.56. The highest BCUT2D eigenvalue weighted by atomic mass is 32.2. The van der Waals surface area contributed by atoms with Gasteiger partial charge in [0.25, 0.3) is 0 Å². The van der Waals surface area contributed by atoms with Crippen LogP contribution < -0.4 is 20.4 Å². The highest BCUT2D eigenvalue weighted by Gasteiger charge is 2.26. The topological polar surface area (TPSA) is 60.5 Å². The number of pyridine rings is 1. The normalized spacial score (nSPS) is 17.5. The van der Waals surface area contributed by atoms with Crippen LogP contribution >= 0.6 is 11.8 Å². The van der Waals surface area contributed by atoms with E-state index in [2.05, 4.69) is 80.2 Å². The van der Waals surface area contributed by atoms with E-state index in [0.29, 0.717) is 0 Å². The second kappa shape index (κ2) is 8.96. The van der Waals surface area contributed by atoms with Crippen LogP contribution in [-0.2, 0) is 17.8 Å². The lowest BCUT2D eigenvalue weighted by Gasteiger charge is -2.31. The van der Waals surface area contributed by atoms with Crippen molar-refractivity contribution >= 4 is 40.9 Å². The van der Waals surface area contributed by atoms with Crippen molar-refractivity contribution in [1.29, 1.82) is 0 Å². The summed E-state index contributed by atoms with van der Waals surface area (Å²) in [7, 11) is 0. The number of amides is 1. The standard InChI is InChI=1S/C25H25N5OS/c1-18-16-32-25(30(18)24-3-2-11-26-14-24)28-21-6-8-23(9-7-21)29-12-10-19-13-22(27-17-31)5-4-20(19)15-29/h2-9,11,13-14,16-17,25,28H,10,12,15H2,1H3,(H,27,31). The zero-order valence-electron chi connectivity index (χ0n) is 17.9. The average Bonchev–Trinajstić information content (AvgIpc) is 3.20. The Balaban J connectivity index is 1.26. The van der Waals surface area contributed by atoms with Gasteiger partial charge in [0.1, 0.15) is 0 Å². The van der Waals surface area contributed by atoms with Crippen LogP contribution in [0, 0.1) is 0 Å². The zero-order valence-corrected chi connectivity index (χ0v) is 18.7. The molecule has 1 aromatic heterocycles. The fourth-order valence-electron chi connectivity index (χ4n) is 4.24. The largest absolute Gasteiger partial charge is 0.367 e. The summed E-state index contributed by atoms with van der Waals surface area (Å²) in [4.78, 5) is 19.6. The maximum atomic E-state index is 10.7. The Morgan fingerprint density at radius 1 is 1.06 bits per heavy atom. The molecule has 7 heteroatoms. The van der Waals surface area contributed by atoms with Gasteiger partial charge < -0.3 is 20.4 Å². The molecule has 0 spiro atoms. The Kier molecular flexibility index (Phi) is 5.73. The predicted molar refractivity (Wildman–Crippen MR) is 133 cm³/mol. The van der Waals surface area contributed by atoms with Crippen molar-refractivity contribution in [2.24, 2.45) is 0 Å². The van der Waals surface area contributed by atoms with Gasteiger partial charge in [-0.3, -0.25) is 9.78 Å². The minimum absolute atomic E-state index is 0.0982. The van der Waals surface area contributed by atoms with Crippen LogP contribution in [0.3, 0.4) is 0 Å². The van der Waals surface area contributed by atoms with Gasteiger partial charge in [-0.1, -0.05) is 17.8 Å². The summed E-state index contributed by atoms with van der Waals surface area (Å²) in [5.41, 5.74) is 8.17. The van der Waals surface area contributed by atoms with Gasteiger partial charge in [0.15, 0.2) is 5.50 Å². The Labute approximate surface area is 192 Å². The van der Waals surface area contributed by atoms with Crippen molar-refractivity contribution in [3.05, 3.63) is 89.2 Å². The minimum atomic E-state index is 0.0982. The summed E-state index contributed by atoms with van der Waals surface area (Å²) in [6, 6.07) is 18.9. The maximum Gasteiger partial charge on any atom is 0.211 e. The smallest absolute Gasteiger partial charge is 0.211 e. The quantitative estimate of drug-likeness (QED) is 0.522. The van der Waals surface area contributed by atoms with Crippen molar-refractivity contribution in [3.8, 4) is 0 Å².